The SMILES string of the molecule is COc1ccccc1NC1=N[C@H](c2ccccc2OC)n2c(nc(C)cc2=O)N1. The maximum Gasteiger partial charge on any atom is 0.257 e. The first-order valence-electron chi connectivity index (χ1n) is 9.08. The Morgan fingerprint density at radius 3 is 2.48 bits per heavy atom. The molecule has 8 heteroatoms. The molecule has 4 rings (SSSR count). The zero-order valence-electron chi connectivity index (χ0n) is 16.3. The molecule has 0 aliphatic carbocycles. The van der Waals surface area contributed by atoms with Gasteiger partial charge in [-0.25, -0.2) is 9.98 Å². The van der Waals surface area contributed by atoms with Crippen molar-refractivity contribution in [2.24, 2.45) is 4.99 Å². The third-order valence-electron chi connectivity index (χ3n) is 4.58. The van der Waals surface area contributed by atoms with Crippen molar-refractivity contribution in [2.75, 3.05) is 24.9 Å². The van der Waals surface area contributed by atoms with Crippen LogP contribution in [0.4, 0.5) is 11.6 Å². The van der Waals surface area contributed by atoms with E-state index in [-0.39, 0.29) is 5.56 Å². The summed E-state index contributed by atoms with van der Waals surface area (Å²) in [6, 6.07) is 16.5. The van der Waals surface area contributed by atoms with Gasteiger partial charge in [-0.3, -0.25) is 14.7 Å². The molecule has 29 heavy (non-hydrogen) atoms. The molecule has 1 aliphatic rings. The minimum atomic E-state index is -0.639. The highest BCUT2D eigenvalue weighted by Gasteiger charge is 2.27. The number of hydrogen-bond donors (Lipinski definition) is 2. The van der Waals surface area contributed by atoms with Crippen LogP contribution in [-0.2, 0) is 0 Å². The van der Waals surface area contributed by atoms with Crippen LogP contribution in [0, 0.1) is 6.92 Å². The molecular weight excluding hydrogens is 370 g/mol. The molecule has 148 valence electrons. The quantitative estimate of drug-likeness (QED) is 0.711. The highest BCUT2D eigenvalue weighted by atomic mass is 16.5. The van der Waals surface area contributed by atoms with Gasteiger partial charge in [0.25, 0.3) is 5.56 Å². The highest BCUT2D eigenvalue weighted by Crippen LogP contribution is 2.32. The molecule has 1 aliphatic heterocycles. The lowest BCUT2D eigenvalue weighted by Crippen LogP contribution is -2.37. The number of nitrogens with one attached hydrogen (secondary N) is 2. The Balaban J connectivity index is 1.84. The lowest BCUT2D eigenvalue weighted by molar-refractivity contribution is 0.401. The number of para-hydroxylation sites is 3. The van der Waals surface area contributed by atoms with Gasteiger partial charge in [0.05, 0.1) is 19.9 Å². The molecule has 1 atom stereocenters. The first kappa shape index (κ1) is 18.5. The van der Waals surface area contributed by atoms with E-state index in [4.69, 9.17) is 14.5 Å². The van der Waals surface area contributed by atoms with Crippen LogP contribution in [-0.4, -0.2) is 29.7 Å². The molecule has 0 fully saturated rings. The van der Waals surface area contributed by atoms with Crippen LogP contribution in [0.25, 0.3) is 0 Å². The third kappa shape index (κ3) is 3.52. The van der Waals surface area contributed by atoms with E-state index in [1.54, 1.807) is 21.1 Å². The van der Waals surface area contributed by atoms with Gasteiger partial charge < -0.3 is 14.8 Å². The normalized spacial score (nSPS) is 15.0. The topological polar surface area (TPSA) is 89.8 Å². The van der Waals surface area contributed by atoms with Crippen LogP contribution in [0.2, 0.25) is 0 Å². The Hall–Kier alpha value is -3.81. The van der Waals surface area contributed by atoms with Crippen LogP contribution in [0.1, 0.15) is 17.4 Å². The maximum atomic E-state index is 12.8. The van der Waals surface area contributed by atoms with Gasteiger partial charge in [-0.05, 0) is 25.1 Å². The Morgan fingerprint density at radius 1 is 1.03 bits per heavy atom. The zero-order valence-corrected chi connectivity index (χ0v) is 16.3. The second-order valence-corrected chi connectivity index (χ2v) is 6.47. The molecule has 3 aromatic rings. The smallest absolute Gasteiger partial charge is 0.257 e. The summed E-state index contributed by atoms with van der Waals surface area (Å²) in [7, 11) is 3.20. The van der Waals surface area contributed by atoms with Crippen molar-refractivity contribution in [1.82, 2.24) is 9.55 Å². The predicted octanol–water partition coefficient (Wildman–Crippen LogP) is 3.01. The summed E-state index contributed by atoms with van der Waals surface area (Å²) in [5.41, 5.74) is 1.91. The third-order valence-corrected chi connectivity index (χ3v) is 4.58. The molecule has 2 aromatic carbocycles. The number of hydrogen-bond acceptors (Lipinski definition) is 7. The Labute approximate surface area is 167 Å². The number of aryl methyl sites for hydroxylation is 1. The van der Waals surface area contributed by atoms with Crippen LogP contribution < -0.4 is 25.7 Å². The van der Waals surface area contributed by atoms with E-state index in [1.165, 1.54) is 10.6 Å². The predicted molar refractivity (Wildman–Crippen MR) is 112 cm³/mol. The van der Waals surface area contributed by atoms with Crippen molar-refractivity contribution in [1.29, 1.82) is 0 Å². The Bertz CT molecular complexity index is 1140. The lowest BCUT2D eigenvalue weighted by Gasteiger charge is -2.28. The molecule has 0 saturated carbocycles. The molecular formula is C21H21N5O3. The summed E-state index contributed by atoms with van der Waals surface area (Å²) in [5, 5.41) is 6.35. The summed E-state index contributed by atoms with van der Waals surface area (Å²) < 4.78 is 12.4. The van der Waals surface area contributed by atoms with E-state index in [0.717, 1.165) is 11.3 Å². The van der Waals surface area contributed by atoms with E-state index in [1.807, 2.05) is 48.5 Å². The zero-order chi connectivity index (χ0) is 20.4. The number of fused-ring (bicyclic) bond motifs is 1. The van der Waals surface area contributed by atoms with E-state index in [9.17, 15) is 4.79 Å². The van der Waals surface area contributed by atoms with Crippen molar-refractivity contribution in [2.45, 2.75) is 13.1 Å². The number of methoxy groups -OCH3 is 2. The van der Waals surface area contributed by atoms with Gasteiger partial charge in [0.1, 0.15) is 11.5 Å². The van der Waals surface area contributed by atoms with Crippen molar-refractivity contribution >= 4 is 17.6 Å². The molecule has 0 radical (unpaired) electrons. The monoisotopic (exact) mass is 391 g/mol. The van der Waals surface area contributed by atoms with Gasteiger partial charge in [0.15, 0.2) is 6.17 Å². The number of nitrogens with zero attached hydrogens (tertiary/aromatic N) is 3. The van der Waals surface area contributed by atoms with Gasteiger partial charge in [-0.1, -0.05) is 30.3 Å². The van der Waals surface area contributed by atoms with Crippen molar-refractivity contribution in [3.8, 4) is 11.5 Å². The number of anilines is 2. The average molecular weight is 391 g/mol. The number of aliphatic imine (C=N–C) groups is 1. The van der Waals surface area contributed by atoms with E-state index in [0.29, 0.717) is 29.1 Å². The maximum absolute atomic E-state index is 12.8. The Morgan fingerprint density at radius 2 is 1.72 bits per heavy atom. The standard InChI is InChI=1S/C21H21N5O3/c1-13-12-18(27)26-19(14-8-4-6-10-16(14)28-2)24-20(25-21(26)22-13)23-15-9-5-7-11-17(15)29-3/h4-12,19H,1-3H3,(H2,22,23,24,25)/t19-/m0/s1. The summed E-state index contributed by atoms with van der Waals surface area (Å²) in [5.74, 6) is 2.16. The van der Waals surface area contributed by atoms with Gasteiger partial charge in [0, 0.05) is 17.3 Å². The fourth-order valence-electron chi connectivity index (χ4n) is 3.28. The van der Waals surface area contributed by atoms with Crippen molar-refractivity contribution in [3.05, 3.63) is 76.2 Å². The summed E-state index contributed by atoms with van der Waals surface area (Å²) in [6.07, 6.45) is -0.639. The van der Waals surface area contributed by atoms with E-state index < -0.39 is 6.17 Å². The summed E-state index contributed by atoms with van der Waals surface area (Å²) in [6.45, 7) is 1.78. The van der Waals surface area contributed by atoms with Crippen molar-refractivity contribution in [3.63, 3.8) is 0 Å². The summed E-state index contributed by atoms with van der Waals surface area (Å²) in [4.78, 5) is 22.0. The van der Waals surface area contributed by atoms with E-state index >= 15 is 0 Å². The molecule has 0 spiro atoms. The van der Waals surface area contributed by atoms with Gasteiger partial charge in [0.2, 0.25) is 11.9 Å². The first-order chi connectivity index (χ1) is 14.1. The molecule has 0 saturated heterocycles. The average Bonchev–Trinajstić information content (AvgIpc) is 2.73. The van der Waals surface area contributed by atoms with Crippen LogP contribution in [0.5, 0.6) is 11.5 Å². The number of guanidine groups is 1. The van der Waals surface area contributed by atoms with E-state index in [2.05, 4.69) is 15.6 Å². The minimum absolute atomic E-state index is 0.198. The fourth-order valence-corrected chi connectivity index (χ4v) is 3.28. The van der Waals surface area contributed by atoms with Crippen LogP contribution in [0.15, 0.2) is 64.4 Å². The van der Waals surface area contributed by atoms with Crippen LogP contribution in [0.3, 0.4) is 0 Å². The first-order valence-corrected chi connectivity index (χ1v) is 9.08. The molecule has 0 amide bonds. The number of aromatic nitrogens is 2. The molecule has 2 heterocycles. The van der Waals surface area contributed by atoms with Gasteiger partial charge >= 0.3 is 0 Å². The van der Waals surface area contributed by atoms with Gasteiger partial charge in [-0.2, -0.15) is 0 Å². The number of ether oxygens (including phenoxy) is 2. The lowest BCUT2D eigenvalue weighted by atomic mass is 10.1. The Kier molecular flexibility index (Phi) is 4.90. The second-order valence-electron chi connectivity index (χ2n) is 6.47. The van der Waals surface area contributed by atoms with Crippen molar-refractivity contribution < 1.29 is 9.47 Å². The molecule has 2 N–H and O–H groups in total. The molecule has 0 unspecified atom stereocenters. The second kappa shape index (κ2) is 7.67. The molecule has 1 aromatic heterocycles. The highest BCUT2D eigenvalue weighted by molar-refractivity contribution is 6.04. The molecule has 0 bridgehead atoms. The summed E-state index contributed by atoms with van der Waals surface area (Å²) >= 11 is 0. The largest absolute Gasteiger partial charge is 0.496 e. The number of benzene rings is 2. The number of rotatable bonds is 4. The van der Waals surface area contributed by atoms with Gasteiger partial charge in [-0.15, -0.1) is 0 Å². The van der Waals surface area contributed by atoms with Crippen LogP contribution >= 0.6 is 0 Å². The fraction of sp³-hybridized carbons (Fsp3) is 0.190. The molecule has 8 nitrogen and oxygen atoms in total. The minimum Gasteiger partial charge on any atom is -0.496 e.